The predicted molar refractivity (Wildman–Crippen MR) is 121 cm³/mol. The molecule has 2 aromatic rings. The molecule has 0 saturated carbocycles. The summed E-state index contributed by atoms with van der Waals surface area (Å²) in [6.07, 6.45) is 1.67. The number of carbonyl (C=O) groups excluding carboxylic acids is 2. The summed E-state index contributed by atoms with van der Waals surface area (Å²) in [7, 11) is 0. The van der Waals surface area contributed by atoms with E-state index in [4.69, 9.17) is 4.74 Å². The van der Waals surface area contributed by atoms with E-state index >= 15 is 0 Å². The van der Waals surface area contributed by atoms with E-state index in [1.54, 1.807) is 16.2 Å². The van der Waals surface area contributed by atoms with E-state index in [9.17, 15) is 9.59 Å². The van der Waals surface area contributed by atoms with Crippen molar-refractivity contribution < 1.29 is 14.3 Å². The molecule has 1 aromatic heterocycles. The standard InChI is InChI=1S/C24H32N2O3S/c1-5-18(4)26(24(28)17(2)3)15-23(27)25-13-11-22-20(12-14-30-22)21(25)16-29-19-9-7-6-8-10-19/h6-10,12,14,17-18,21H,5,11,13,15-16H2,1-4H3/t18-,21-/m1/s1. The average Bonchev–Trinajstić information content (AvgIpc) is 3.24. The Morgan fingerprint density at radius 1 is 1.20 bits per heavy atom. The van der Waals surface area contributed by atoms with Gasteiger partial charge in [-0.05, 0) is 48.9 Å². The number of hydrogen-bond donors (Lipinski definition) is 0. The van der Waals surface area contributed by atoms with Gasteiger partial charge in [0.25, 0.3) is 0 Å². The summed E-state index contributed by atoms with van der Waals surface area (Å²) < 4.78 is 6.04. The van der Waals surface area contributed by atoms with Crippen molar-refractivity contribution in [1.82, 2.24) is 9.80 Å². The highest BCUT2D eigenvalue weighted by Gasteiger charge is 2.34. The summed E-state index contributed by atoms with van der Waals surface area (Å²) in [5, 5.41) is 2.09. The minimum absolute atomic E-state index is 0.0113. The fourth-order valence-corrected chi connectivity index (χ4v) is 4.73. The second-order valence-corrected chi connectivity index (χ2v) is 9.15. The van der Waals surface area contributed by atoms with E-state index in [0.29, 0.717) is 13.2 Å². The number of hydrogen-bond acceptors (Lipinski definition) is 4. The number of thiophene rings is 1. The molecule has 1 aromatic carbocycles. The van der Waals surface area contributed by atoms with Gasteiger partial charge in [0.05, 0.1) is 6.04 Å². The molecule has 2 heterocycles. The van der Waals surface area contributed by atoms with Crippen molar-refractivity contribution in [3.05, 3.63) is 52.2 Å². The zero-order chi connectivity index (χ0) is 21.7. The molecule has 2 atom stereocenters. The number of fused-ring (bicyclic) bond motifs is 1. The Morgan fingerprint density at radius 2 is 1.93 bits per heavy atom. The molecule has 30 heavy (non-hydrogen) atoms. The molecule has 0 bridgehead atoms. The van der Waals surface area contributed by atoms with E-state index in [1.165, 1.54) is 10.4 Å². The maximum atomic E-state index is 13.4. The van der Waals surface area contributed by atoms with Gasteiger partial charge in [0.1, 0.15) is 18.9 Å². The molecule has 162 valence electrons. The summed E-state index contributed by atoms with van der Waals surface area (Å²) in [4.78, 5) is 31.1. The van der Waals surface area contributed by atoms with Crippen LogP contribution in [0.3, 0.4) is 0 Å². The Balaban J connectivity index is 1.79. The molecule has 3 rings (SSSR count). The van der Waals surface area contributed by atoms with Gasteiger partial charge in [-0.2, -0.15) is 0 Å². The van der Waals surface area contributed by atoms with Crippen LogP contribution in [0.2, 0.25) is 0 Å². The van der Waals surface area contributed by atoms with E-state index in [0.717, 1.165) is 18.6 Å². The number of rotatable bonds is 8. The van der Waals surface area contributed by atoms with Crippen LogP contribution in [0.15, 0.2) is 41.8 Å². The lowest BCUT2D eigenvalue weighted by molar-refractivity contribution is -0.146. The monoisotopic (exact) mass is 428 g/mol. The van der Waals surface area contributed by atoms with Gasteiger partial charge in [0.2, 0.25) is 11.8 Å². The van der Waals surface area contributed by atoms with Crippen molar-refractivity contribution in [2.75, 3.05) is 19.7 Å². The smallest absolute Gasteiger partial charge is 0.242 e. The van der Waals surface area contributed by atoms with Crippen LogP contribution in [0.25, 0.3) is 0 Å². The third kappa shape index (κ3) is 5.04. The van der Waals surface area contributed by atoms with Crippen LogP contribution in [-0.4, -0.2) is 47.4 Å². The molecule has 0 spiro atoms. The summed E-state index contributed by atoms with van der Waals surface area (Å²) >= 11 is 1.74. The highest BCUT2D eigenvalue weighted by molar-refractivity contribution is 7.10. The molecule has 0 N–H and O–H groups in total. The summed E-state index contributed by atoms with van der Waals surface area (Å²) in [6.45, 7) is 9.00. The Kier molecular flexibility index (Phi) is 7.53. The topological polar surface area (TPSA) is 49.9 Å². The van der Waals surface area contributed by atoms with Crippen LogP contribution in [0.4, 0.5) is 0 Å². The van der Waals surface area contributed by atoms with Crippen LogP contribution in [0.5, 0.6) is 5.75 Å². The van der Waals surface area contributed by atoms with Crippen molar-refractivity contribution in [3.8, 4) is 5.75 Å². The first kappa shape index (κ1) is 22.3. The molecule has 0 radical (unpaired) electrons. The van der Waals surface area contributed by atoms with Crippen LogP contribution < -0.4 is 4.74 Å². The minimum Gasteiger partial charge on any atom is -0.491 e. The second kappa shape index (κ2) is 10.1. The maximum Gasteiger partial charge on any atom is 0.242 e. The Hall–Kier alpha value is -2.34. The third-order valence-electron chi connectivity index (χ3n) is 5.77. The zero-order valence-electron chi connectivity index (χ0n) is 18.3. The van der Waals surface area contributed by atoms with Gasteiger partial charge in [0, 0.05) is 23.4 Å². The first-order valence-corrected chi connectivity index (χ1v) is 11.6. The SMILES string of the molecule is CC[C@@H](C)N(CC(=O)N1CCc2sccc2[C@H]1COc1ccccc1)C(=O)C(C)C. The largest absolute Gasteiger partial charge is 0.491 e. The number of para-hydroxylation sites is 1. The van der Waals surface area contributed by atoms with Crippen LogP contribution in [0.1, 0.15) is 50.6 Å². The number of carbonyl (C=O) groups is 2. The molecule has 2 amide bonds. The van der Waals surface area contributed by atoms with Crippen LogP contribution >= 0.6 is 11.3 Å². The summed E-state index contributed by atoms with van der Waals surface area (Å²) in [5.41, 5.74) is 1.17. The Morgan fingerprint density at radius 3 is 2.60 bits per heavy atom. The van der Waals surface area contributed by atoms with Crippen molar-refractivity contribution in [3.63, 3.8) is 0 Å². The van der Waals surface area contributed by atoms with E-state index < -0.39 is 0 Å². The predicted octanol–water partition coefficient (Wildman–Crippen LogP) is 4.54. The van der Waals surface area contributed by atoms with E-state index in [2.05, 4.69) is 11.4 Å². The molecular formula is C24H32N2O3S. The van der Waals surface area contributed by atoms with Crippen LogP contribution in [-0.2, 0) is 16.0 Å². The Bertz CT molecular complexity index is 849. The molecule has 6 heteroatoms. The number of benzene rings is 1. The fraction of sp³-hybridized carbons (Fsp3) is 0.500. The highest BCUT2D eigenvalue weighted by Crippen LogP contribution is 2.34. The van der Waals surface area contributed by atoms with Gasteiger partial charge in [0.15, 0.2) is 0 Å². The normalized spacial score (nSPS) is 16.8. The molecule has 0 fully saturated rings. The molecular weight excluding hydrogens is 396 g/mol. The average molecular weight is 429 g/mol. The first-order valence-electron chi connectivity index (χ1n) is 10.8. The van der Waals surface area contributed by atoms with Gasteiger partial charge in [-0.25, -0.2) is 0 Å². The van der Waals surface area contributed by atoms with Gasteiger partial charge in [-0.3, -0.25) is 9.59 Å². The summed E-state index contributed by atoms with van der Waals surface area (Å²) in [5.74, 6) is 0.683. The second-order valence-electron chi connectivity index (χ2n) is 8.15. The lowest BCUT2D eigenvalue weighted by atomic mass is 10.00. The zero-order valence-corrected chi connectivity index (χ0v) is 19.2. The van der Waals surface area contributed by atoms with Crippen molar-refractivity contribution in [2.24, 2.45) is 5.92 Å². The maximum absolute atomic E-state index is 13.4. The first-order chi connectivity index (χ1) is 14.4. The van der Waals surface area contributed by atoms with Gasteiger partial charge in [-0.15, -0.1) is 11.3 Å². The van der Waals surface area contributed by atoms with Crippen molar-refractivity contribution in [2.45, 2.75) is 52.6 Å². The number of amides is 2. The molecule has 0 unspecified atom stereocenters. The van der Waals surface area contributed by atoms with Gasteiger partial charge < -0.3 is 14.5 Å². The van der Waals surface area contributed by atoms with E-state index in [-0.39, 0.29) is 36.4 Å². The quantitative estimate of drug-likeness (QED) is 0.620. The molecule has 5 nitrogen and oxygen atoms in total. The van der Waals surface area contributed by atoms with Gasteiger partial charge in [-0.1, -0.05) is 39.0 Å². The van der Waals surface area contributed by atoms with Gasteiger partial charge >= 0.3 is 0 Å². The van der Waals surface area contributed by atoms with E-state index in [1.807, 2.05) is 62.9 Å². The van der Waals surface area contributed by atoms with Crippen molar-refractivity contribution in [1.29, 1.82) is 0 Å². The number of nitrogens with zero attached hydrogens (tertiary/aromatic N) is 2. The molecule has 1 aliphatic heterocycles. The lowest BCUT2D eigenvalue weighted by Crippen LogP contribution is -2.50. The van der Waals surface area contributed by atoms with Crippen LogP contribution in [0, 0.1) is 5.92 Å². The lowest BCUT2D eigenvalue weighted by Gasteiger charge is -2.38. The minimum atomic E-state index is -0.138. The highest BCUT2D eigenvalue weighted by atomic mass is 32.1. The summed E-state index contributed by atoms with van der Waals surface area (Å²) in [6, 6.07) is 11.7. The molecule has 0 aliphatic carbocycles. The third-order valence-corrected chi connectivity index (χ3v) is 6.77. The molecule has 1 aliphatic rings. The van der Waals surface area contributed by atoms with Crippen molar-refractivity contribution >= 4 is 23.2 Å². The number of ether oxygens (including phenoxy) is 1. The Labute approximate surface area is 183 Å². The molecule has 0 saturated heterocycles. The fourth-order valence-electron chi connectivity index (χ4n) is 3.81.